The summed E-state index contributed by atoms with van der Waals surface area (Å²) in [6.45, 7) is 0.691. The van der Waals surface area contributed by atoms with E-state index in [1.54, 1.807) is 23.3 Å². The van der Waals surface area contributed by atoms with Gasteiger partial charge in [0.1, 0.15) is 0 Å². The molecule has 1 unspecified atom stereocenters. The number of amides is 1. The highest BCUT2D eigenvalue weighted by Crippen LogP contribution is 2.36. The molecule has 4 rings (SSSR count). The molecule has 1 aliphatic heterocycles. The Morgan fingerprint density at radius 1 is 1.19 bits per heavy atom. The lowest BCUT2D eigenvalue weighted by Crippen LogP contribution is -2.39. The topological polar surface area (TPSA) is 89.9 Å². The van der Waals surface area contributed by atoms with Crippen LogP contribution >= 0.6 is 0 Å². The monoisotopic (exact) mass is 362 g/mol. The van der Waals surface area contributed by atoms with E-state index in [1.165, 1.54) is 0 Å². The van der Waals surface area contributed by atoms with E-state index >= 15 is 0 Å². The molecular weight excluding hydrogens is 340 g/mol. The molecule has 0 saturated carbocycles. The molecule has 2 N–H and O–H groups in total. The Hall–Kier alpha value is -3.22. The first-order valence-corrected chi connectivity index (χ1v) is 9.11. The maximum Gasteiger partial charge on any atom is 0.257 e. The lowest BCUT2D eigenvalue weighted by Gasteiger charge is -2.36. The van der Waals surface area contributed by atoms with Crippen LogP contribution in [0.5, 0.6) is 0 Å². The molecule has 138 valence electrons. The van der Waals surface area contributed by atoms with Gasteiger partial charge in [-0.2, -0.15) is 5.10 Å². The average molecular weight is 362 g/mol. The smallest absolute Gasteiger partial charge is 0.257 e. The SMILES string of the molecule is Cn1cc(C(=O)N2CCCCC2c2nc(N)ncc2-c2ccccc2)cn1. The number of hydrogen-bond donors (Lipinski definition) is 1. The lowest BCUT2D eigenvalue weighted by molar-refractivity contribution is 0.0606. The molecular formula is C20H22N6O. The molecule has 3 heterocycles. The zero-order chi connectivity index (χ0) is 18.8. The van der Waals surface area contributed by atoms with Gasteiger partial charge >= 0.3 is 0 Å². The fourth-order valence-electron chi connectivity index (χ4n) is 3.66. The second kappa shape index (κ2) is 7.19. The van der Waals surface area contributed by atoms with E-state index in [9.17, 15) is 4.79 Å². The van der Waals surface area contributed by atoms with Crippen molar-refractivity contribution >= 4 is 11.9 Å². The number of aromatic nitrogens is 4. The number of aryl methyl sites for hydroxylation is 1. The van der Waals surface area contributed by atoms with Crippen LogP contribution in [0.15, 0.2) is 48.9 Å². The van der Waals surface area contributed by atoms with Crippen LogP contribution in [-0.2, 0) is 7.05 Å². The number of carbonyl (C=O) groups excluding carboxylic acids is 1. The van der Waals surface area contributed by atoms with Gasteiger partial charge in [0.25, 0.3) is 5.91 Å². The van der Waals surface area contributed by atoms with Crippen molar-refractivity contribution in [3.63, 3.8) is 0 Å². The summed E-state index contributed by atoms with van der Waals surface area (Å²) in [6, 6.07) is 9.85. The van der Waals surface area contributed by atoms with E-state index < -0.39 is 0 Å². The number of nitrogens with zero attached hydrogens (tertiary/aromatic N) is 5. The van der Waals surface area contributed by atoms with Gasteiger partial charge in [-0.3, -0.25) is 9.48 Å². The highest BCUT2D eigenvalue weighted by Gasteiger charge is 2.32. The summed E-state index contributed by atoms with van der Waals surface area (Å²) in [5.41, 5.74) is 9.25. The number of piperidine rings is 1. The molecule has 2 aromatic heterocycles. The molecule has 1 aromatic carbocycles. The molecule has 27 heavy (non-hydrogen) atoms. The second-order valence-corrected chi connectivity index (χ2v) is 6.81. The number of hydrogen-bond acceptors (Lipinski definition) is 5. The van der Waals surface area contributed by atoms with Crippen LogP contribution in [0.4, 0.5) is 5.95 Å². The van der Waals surface area contributed by atoms with E-state index in [2.05, 4.69) is 15.1 Å². The quantitative estimate of drug-likeness (QED) is 0.774. The molecule has 1 atom stereocenters. The molecule has 7 nitrogen and oxygen atoms in total. The van der Waals surface area contributed by atoms with Gasteiger partial charge in [0.15, 0.2) is 0 Å². The third kappa shape index (κ3) is 3.40. The summed E-state index contributed by atoms with van der Waals surface area (Å²) < 4.78 is 1.64. The lowest BCUT2D eigenvalue weighted by atomic mass is 9.93. The van der Waals surface area contributed by atoms with Crippen LogP contribution in [0, 0.1) is 0 Å². The molecule has 0 spiro atoms. The summed E-state index contributed by atoms with van der Waals surface area (Å²) in [7, 11) is 1.81. The van der Waals surface area contributed by atoms with Crippen LogP contribution in [-0.4, -0.2) is 37.1 Å². The van der Waals surface area contributed by atoms with Crippen LogP contribution < -0.4 is 5.73 Å². The van der Waals surface area contributed by atoms with Gasteiger partial charge in [-0.1, -0.05) is 30.3 Å². The Kier molecular flexibility index (Phi) is 4.58. The summed E-state index contributed by atoms with van der Waals surface area (Å²) >= 11 is 0. The summed E-state index contributed by atoms with van der Waals surface area (Å²) in [5.74, 6) is 0.202. The number of nitrogens with two attached hydrogens (primary N) is 1. The Morgan fingerprint density at radius 3 is 2.74 bits per heavy atom. The van der Waals surface area contributed by atoms with Gasteiger partial charge in [-0.05, 0) is 24.8 Å². The number of anilines is 1. The minimum atomic E-state index is -0.132. The molecule has 0 bridgehead atoms. The van der Waals surface area contributed by atoms with Crippen molar-refractivity contribution in [3.05, 3.63) is 60.2 Å². The van der Waals surface area contributed by atoms with Gasteiger partial charge in [0.05, 0.1) is 23.5 Å². The summed E-state index contributed by atoms with van der Waals surface area (Å²) in [6.07, 6.45) is 7.99. The van der Waals surface area contributed by atoms with Gasteiger partial charge in [-0.25, -0.2) is 9.97 Å². The Balaban J connectivity index is 1.76. The second-order valence-electron chi connectivity index (χ2n) is 6.81. The first-order chi connectivity index (χ1) is 13.1. The fourth-order valence-corrected chi connectivity index (χ4v) is 3.66. The Bertz CT molecular complexity index is 952. The number of carbonyl (C=O) groups is 1. The molecule has 3 aromatic rings. The molecule has 1 aliphatic rings. The fraction of sp³-hybridized carbons (Fsp3) is 0.300. The predicted octanol–water partition coefficient (Wildman–Crippen LogP) is 2.83. The van der Waals surface area contributed by atoms with Crippen LogP contribution in [0.2, 0.25) is 0 Å². The van der Waals surface area contributed by atoms with E-state index in [-0.39, 0.29) is 17.9 Å². The van der Waals surface area contributed by atoms with Crippen molar-refractivity contribution in [1.82, 2.24) is 24.6 Å². The maximum absolute atomic E-state index is 13.1. The number of rotatable bonds is 3. The molecule has 0 aliphatic carbocycles. The van der Waals surface area contributed by atoms with Crippen LogP contribution in [0.1, 0.15) is 41.4 Å². The normalized spacial score (nSPS) is 17.1. The third-order valence-corrected chi connectivity index (χ3v) is 4.95. The molecule has 0 radical (unpaired) electrons. The average Bonchev–Trinajstić information content (AvgIpc) is 3.14. The van der Waals surface area contributed by atoms with E-state index in [1.807, 2.05) is 42.3 Å². The first kappa shape index (κ1) is 17.2. The molecule has 1 fully saturated rings. The van der Waals surface area contributed by atoms with Crippen LogP contribution in [0.3, 0.4) is 0 Å². The highest BCUT2D eigenvalue weighted by atomic mass is 16.2. The first-order valence-electron chi connectivity index (χ1n) is 9.11. The van der Waals surface area contributed by atoms with Crippen molar-refractivity contribution in [1.29, 1.82) is 0 Å². The van der Waals surface area contributed by atoms with Crippen molar-refractivity contribution < 1.29 is 4.79 Å². The Morgan fingerprint density at radius 2 is 2.00 bits per heavy atom. The van der Waals surface area contributed by atoms with Gasteiger partial charge in [-0.15, -0.1) is 0 Å². The van der Waals surface area contributed by atoms with Gasteiger partial charge in [0.2, 0.25) is 5.95 Å². The zero-order valence-corrected chi connectivity index (χ0v) is 15.2. The number of nitrogen functional groups attached to an aromatic ring is 1. The molecule has 1 amide bonds. The van der Waals surface area contributed by atoms with Crippen molar-refractivity contribution in [3.8, 4) is 11.1 Å². The van der Waals surface area contributed by atoms with Gasteiger partial charge in [0, 0.05) is 31.5 Å². The number of likely N-dealkylation sites (tertiary alicyclic amines) is 1. The minimum absolute atomic E-state index is 0.0241. The third-order valence-electron chi connectivity index (χ3n) is 4.95. The zero-order valence-electron chi connectivity index (χ0n) is 15.2. The predicted molar refractivity (Wildman–Crippen MR) is 103 cm³/mol. The van der Waals surface area contributed by atoms with Crippen molar-refractivity contribution in [2.24, 2.45) is 7.05 Å². The van der Waals surface area contributed by atoms with E-state index in [4.69, 9.17) is 5.73 Å². The van der Waals surface area contributed by atoms with Gasteiger partial charge < -0.3 is 10.6 Å². The highest BCUT2D eigenvalue weighted by molar-refractivity contribution is 5.94. The molecule has 1 saturated heterocycles. The van der Waals surface area contributed by atoms with Crippen molar-refractivity contribution in [2.45, 2.75) is 25.3 Å². The summed E-state index contributed by atoms with van der Waals surface area (Å²) in [4.78, 5) is 23.8. The van der Waals surface area contributed by atoms with E-state index in [0.29, 0.717) is 12.1 Å². The van der Waals surface area contributed by atoms with Crippen LogP contribution in [0.25, 0.3) is 11.1 Å². The maximum atomic E-state index is 13.1. The molecule has 7 heteroatoms. The summed E-state index contributed by atoms with van der Waals surface area (Å²) in [5, 5.41) is 4.13. The van der Waals surface area contributed by atoms with E-state index in [0.717, 1.165) is 36.1 Å². The van der Waals surface area contributed by atoms with Crippen molar-refractivity contribution in [2.75, 3.05) is 12.3 Å². The largest absolute Gasteiger partial charge is 0.368 e. The minimum Gasteiger partial charge on any atom is -0.368 e. The Labute approximate surface area is 157 Å². The number of benzene rings is 1. The standard InChI is InChI=1S/C20H22N6O/c1-25-13-15(11-23-25)19(27)26-10-6-5-9-17(26)18-16(12-22-20(21)24-18)14-7-3-2-4-8-14/h2-4,7-8,11-13,17H,5-6,9-10H2,1H3,(H2,21,22,24).